The number of halogens is 1. The Morgan fingerprint density at radius 1 is 1.33 bits per heavy atom. The molecule has 2 aliphatic heterocycles. The van der Waals surface area contributed by atoms with Gasteiger partial charge in [-0.05, 0) is 31.9 Å². The number of ether oxygens (including phenoxy) is 1. The topological polar surface area (TPSA) is 50.6 Å². The van der Waals surface area contributed by atoms with Gasteiger partial charge in [0.05, 0.1) is 24.0 Å². The smallest absolute Gasteiger partial charge is 0.319 e. The van der Waals surface area contributed by atoms with E-state index in [9.17, 15) is 9.18 Å². The number of urea groups is 1. The van der Waals surface area contributed by atoms with Crippen LogP contribution in [-0.4, -0.2) is 58.2 Å². The molecule has 0 saturated carbocycles. The Labute approximate surface area is 158 Å². The minimum Gasteiger partial charge on any atom is -0.362 e. The monoisotopic (exact) mass is 372 g/mol. The van der Waals surface area contributed by atoms with E-state index in [0.29, 0.717) is 19.6 Å². The summed E-state index contributed by atoms with van der Waals surface area (Å²) in [5, 5.41) is 0. The van der Waals surface area contributed by atoms with Gasteiger partial charge in [0, 0.05) is 32.7 Å². The van der Waals surface area contributed by atoms with Crippen molar-refractivity contribution in [1.82, 2.24) is 19.4 Å². The van der Waals surface area contributed by atoms with Crippen LogP contribution in [0.15, 0.2) is 30.5 Å². The van der Waals surface area contributed by atoms with Crippen LogP contribution in [0.5, 0.6) is 0 Å². The zero-order valence-corrected chi connectivity index (χ0v) is 16.0. The van der Waals surface area contributed by atoms with Crippen molar-refractivity contribution >= 4 is 6.03 Å². The summed E-state index contributed by atoms with van der Waals surface area (Å²) < 4.78 is 22.3. The number of piperidine rings is 1. The molecular weight excluding hydrogens is 347 g/mol. The van der Waals surface area contributed by atoms with E-state index >= 15 is 0 Å². The molecule has 7 heteroatoms. The molecule has 3 heterocycles. The van der Waals surface area contributed by atoms with Gasteiger partial charge in [0.1, 0.15) is 17.7 Å². The molecule has 1 aromatic heterocycles. The maximum Gasteiger partial charge on any atom is 0.319 e. The fraction of sp³-hybridized carbons (Fsp3) is 0.500. The van der Waals surface area contributed by atoms with E-state index in [-0.39, 0.29) is 23.6 Å². The third-order valence-corrected chi connectivity index (χ3v) is 5.57. The maximum absolute atomic E-state index is 13.7. The van der Waals surface area contributed by atoms with E-state index < -0.39 is 0 Å². The summed E-state index contributed by atoms with van der Waals surface area (Å²) in [7, 11) is 3.55. The minimum absolute atomic E-state index is 0.0393. The molecule has 4 rings (SSSR count). The van der Waals surface area contributed by atoms with Gasteiger partial charge in [0.25, 0.3) is 0 Å². The van der Waals surface area contributed by atoms with E-state index in [4.69, 9.17) is 4.74 Å². The number of aromatic nitrogens is 2. The highest BCUT2D eigenvalue weighted by Crippen LogP contribution is 2.40. The highest BCUT2D eigenvalue weighted by Gasteiger charge is 2.43. The van der Waals surface area contributed by atoms with Crippen molar-refractivity contribution in [1.29, 1.82) is 0 Å². The number of nitrogens with zero attached hydrogens (tertiary/aromatic N) is 4. The Bertz CT molecular complexity index is 855. The van der Waals surface area contributed by atoms with Gasteiger partial charge in [-0.3, -0.25) is 0 Å². The standard InChI is InChI=1S/C20H25FN4O2/c1-14-18-22-12-17(15-5-4-6-16(21)11-15)25(18)13-20(27-14)7-9-24(10-8-20)19(26)23(2)3/h4-6,11-12,14H,7-10,13H2,1-3H3. The van der Waals surface area contributed by atoms with E-state index in [2.05, 4.69) is 9.55 Å². The van der Waals surface area contributed by atoms with Gasteiger partial charge in [-0.25, -0.2) is 14.2 Å². The van der Waals surface area contributed by atoms with Gasteiger partial charge in [0.15, 0.2) is 0 Å². The first kappa shape index (κ1) is 18.0. The molecule has 1 fully saturated rings. The van der Waals surface area contributed by atoms with Crippen molar-refractivity contribution in [2.45, 2.75) is 38.0 Å². The van der Waals surface area contributed by atoms with Crippen LogP contribution < -0.4 is 0 Å². The molecule has 0 bridgehead atoms. The van der Waals surface area contributed by atoms with Crippen molar-refractivity contribution in [2.24, 2.45) is 0 Å². The zero-order chi connectivity index (χ0) is 19.2. The lowest BCUT2D eigenvalue weighted by Crippen LogP contribution is -2.54. The number of hydrogen-bond acceptors (Lipinski definition) is 3. The third-order valence-electron chi connectivity index (χ3n) is 5.57. The van der Waals surface area contributed by atoms with Gasteiger partial charge in [-0.2, -0.15) is 0 Å². The molecule has 0 N–H and O–H groups in total. The molecule has 144 valence electrons. The lowest BCUT2D eigenvalue weighted by atomic mass is 9.89. The van der Waals surface area contributed by atoms with E-state index in [1.807, 2.05) is 17.9 Å². The molecule has 0 aliphatic carbocycles. The number of amides is 2. The van der Waals surface area contributed by atoms with Crippen LogP contribution in [0.3, 0.4) is 0 Å². The van der Waals surface area contributed by atoms with Crippen LogP contribution in [0.2, 0.25) is 0 Å². The van der Waals surface area contributed by atoms with Gasteiger partial charge in [0.2, 0.25) is 0 Å². The lowest BCUT2D eigenvalue weighted by molar-refractivity contribution is -0.145. The Morgan fingerprint density at radius 2 is 2.07 bits per heavy atom. The average Bonchev–Trinajstić information content (AvgIpc) is 3.05. The van der Waals surface area contributed by atoms with Crippen molar-refractivity contribution in [2.75, 3.05) is 27.2 Å². The van der Waals surface area contributed by atoms with Crippen molar-refractivity contribution in [3.05, 3.63) is 42.1 Å². The molecule has 1 saturated heterocycles. The first-order valence-electron chi connectivity index (χ1n) is 9.34. The molecule has 27 heavy (non-hydrogen) atoms. The van der Waals surface area contributed by atoms with E-state index in [1.54, 1.807) is 31.3 Å². The molecule has 2 amide bonds. The highest BCUT2D eigenvalue weighted by molar-refractivity contribution is 5.73. The van der Waals surface area contributed by atoms with Gasteiger partial charge >= 0.3 is 6.03 Å². The number of carbonyl (C=O) groups is 1. The molecule has 1 atom stereocenters. The maximum atomic E-state index is 13.7. The number of imidazole rings is 1. The molecular formula is C20H25FN4O2. The third kappa shape index (κ3) is 3.20. The Kier molecular flexibility index (Phi) is 4.42. The van der Waals surface area contributed by atoms with Crippen molar-refractivity contribution in [3.8, 4) is 11.3 Å². The second-order valence-electron chi connectivity index (χ2n) is 7.71. The molecule has 0 radical (unpaired) electrons. The summed E-state index contributed by atoms with van der Waals surface area (Å²) in [5.41, 5.74) is 1.40. The van der Waals surface area contributed by atoms with Gasteiger partial charge < -0.3 is 19.1 Å². The Balaban J connectivity index is 1.60. The van der Waals surface area contributed by atoms with Gasteiger partial charge in [-0.1, -0.05) is 12.1 Å². The van der Waals surface area contributed by atoms with Crippen molar-refractivity contribution < 1.29 is 13.9 Å². The highest BCUT2D eigenvalue weighted by atomic mass is 19.1. The van der Waals surface area contributed by atoms with Crippen LogP contribution in [0.4, 0.5) is 9.18 Å². The second kappa shape index (κ2) is 6.64. The average molecular weight is 372 g/mol. The van der Waals surface area contributed by atoms with E-state index in [1.165, 1.54) is 12.1 Å². The van der Waals surface area contributed by atoms with Crippen LogP contribution in [0.1, 0.15) is 31.7 Å². The lowest BCUT2D eigenvalue weighted by Gasteiger charge is -2.46. The fourth-order valence-electron chi connectivity index (χ4n) is 4.18. The first-order valence-corrected chi connectivity index (χ1v) is 9.34. The van der Waals surface area contributed by atoms with Crippen LogP contribution in [0, 0.1) is 5.82 Å². The second-order valence-corrected chi connectivity index (χ2v) is 7.71. The number of hydrogen-bond donors (Lipinski definition) is 0. The van der Waals surface area contributed by atoms with Crippen LogP contribution in [0.25, 0.3) is 11.3 Å². The molecule has 6 nitrogen and oxygen atoms in total. The normalized spacial score (nSPS) is 21.2. The summed E-state index contributed by atoms with van der Waals surface area (Å²) in [6.07, 6.45) is 3.21. The molecule has 1 unspecified atom stereocenters. The number of benzene rings is 1. The summed E-state index contributed by atoms with van der Waals surface area (Å²) >= 11 is 0. The first-order chi connectivity index (χ1) is 12.9. The number of rotatable bonds is 1. The zero-order valence-electron chi connectivity index (χ0n) is 16.0. The molecule has 2 aliphatic rings. The Morgan fingerprint density at radius 3 is 2.74 bits per heavy atom. The van der Waals surface area contributed by atoms with Crippen LogP contribution >= 0.6 is 0 Å². The number of likely N-dealkylation sites (tertiary alicyclic amines) is 1. The van der Waals surface area contributed by atoms with Crippen molar-refractivity contribution in [3.63, 3.8) is 0 Å². The number of carbonyl (C=O) groups excluding carboxylic acids is 1. The predicted molar refractivity (Wildman–Crippen MR) is 99.7 cm³/mol. The van der Waals surface area contributed by atoms with Gasteiger partial charge in [-0.15, -0.1) is 0 Å². The van der Waals surface area contributed by atoms with E-state index in [0.717, 1.165) is 29.9 Å². The molecule has 1 aromatic carbocycles. The number of fused-ring (bicyclic) bond motifs is 1. The quantitative estimate of drug-likeness (QED) is 0.772. The Hall–Kier alpha value is -2.41. The summed E-state index contributed by atoms with van der Waals surface area (Å²) in [6.45, 7) is 4.01. The summed E-state index contributed by atoms with van der Waals surface area (Å²) in [6, 6.07) is 6.64. The molecule has 2 aromatic rings. The molecule has 1 spiro atoms. The SMILES string of the molecule is CC1OC2(CCN(C(=O)N(C)C)CC2)Cn2c(-c3cccc(F)c3)cnc21. The minimum atomic E-state index is -0.321. The summed E-state index contributed by atoms with van der Waals surface area (Å²) in [5.74, 6) is 0.611. The fourth-order valence-corrected chi connectivity index (χ4v) is 4.18. The predicted octanol–water partition coefficient (Wildman–Crippen LogP) is 3.30. The summed E-state index contributed by atoms with van der Waals surface area (Å²) in [4.78, 5) is 20.2. The largest absolute Gasteiger partial charge is 0.362 e. The van der Waals surface area contributed by atoms with Crippen LogP contribution in [-0.2, 0) is 11.3 Å².